The van der Waals surface area contributed by atoms with E-state index in [0.29, 0.717) is 19.3 Å². The van der Waals surface area contributed by atoms with Crippen LogP contribution in [0.5, 0.6) is 0 Å². The first-order valence-electron chi connectivity index (χ1n) is 30.1. The van der Waals surface area contributed by atoms with Crippen molar-refractivity contribution in [3.8, 4) is 0 Å². The van der Waals surface area contributed by atoms with E-state index in [1.165, 1.54) is 148 Å². The van der Waals surface area contributed by atoms with Crippen LogP contribution in [0.3, 0.4) is 0 Å². The van der Waals surface area contributed by atoms with Gasteiger partial charge in [-0.3, -0.25) is 14.4 Å². The minimum absolute atomic E-state index is 0.0910. The van der Waals surface area contributed by atoms with Gasteiger partial charge in [0.25, 0.3) is 0 Å². The molecule has 0 aromatic rings. The van der Waals surface area contributed by atoms with Gasteiger partial charge in [-0.15, -0.1) is 0 Å². The Morgan fingerprint density at radius 2 is 0.549 bits per heavy atom. The third-order valence-electron chi connectivity index (χ3n) is 12.9. The largest absolute Gasteiger partial charge is 0.462 e. The molecular formula is C65H112O6. The molecule has 0 fully saturated rings. The molecule has 408 valence electrons. The van der Waals surface area contributed by atoms with E-state index < -0.39 is 6.10 Å². The number of ether oxygens (including phenoxy) is 3. The van der Waals surface area contributed by atoms with E-state index in [2.05, 4.69) is 106 Å². The van der Waals surface area contributed by atoms with Crippen LogP contribution in [0.15, 0.2) is 85.1 Å². The van der Waals surface area contributed by atoms with Crippen LogP contribution in [0, 0.1) is 0 Å². The molecule has 0 aromatic heterocycles. The number of hydrogen-bond acceptors (Lipinski definition) is 6. The standard InChI is InChI=1S/C65H112O6/c1-4-7-10-13-16-19-22-25-27-29-31-32-34-36-38-41-44-47-50-53-56-59-65(68)71-62(60-69-63(66)57-54-51-48-45-42-39-24-21-18-15-12-9-6-3)61-70-64(67)58-55-52-49-46-43-40-37-35-33-30-28-26-23-20-17-14-11-8-5-2/h8,11,17,20-21,24-28,33,35,40,43,62H,4-7,9-10,12-16,18-19,22-23,29-32,34,36-39,41-42,44-61H2,1-3H3/b11-8-,20-17-,24-21-,27-25-,28-26-,35-33-,43-40-/t62-/m0/s1. The van der Waals surface area contributed by atoms with Crippen molar-refractivity contribution in [3.63, 3.8) is 0 Å². The number of unbranched alkanes of at least 4 members (excludes halogenated alkanes) is 29. The van der Waals surface area contributed by atoms with E-state index in [4.69, 9.17) is 14.2 Å². The van der Waals surface area contributed by atoms with Crippen LogP contribution in [0.4, 0.5) is 0 Å². The molecule has 0 bridgehead atoms. The van der Waals surface area contributed by atoms with Crippen LogP contribution in [0.25, 0.3) is 0 Å². The monoisotopic (exact) mass is 989 g/mol. The first kappa shape index (κ1) is 67.6. The highest BCUT2D eigenvalue weighted by Crippen LogP contribution is 2.15. The molecule has 0 aromatic carbocycles. The number of rotatable bonds is 54. The third kappa shape index (κ3) is 57.4. The second-order valence-electron chi connectivity index (χ2n) is 19.9. The smallest absolute Gasteiger partial charge is 0.306 e. The van der Waals surface area contributed by atoms with Crippen molar-refractivity contribution in [2.45, 2.75) is 297 Å². The highest BCUT2D eigenvalue weighted by Gasteiger charge is 2.19. The molecule has 0 aliphatic heterocycles. The second kappa shape index (κ2) is 59.2. The summed E-state index contributed by atoms with van der Waals surface area (Å²) in [4.78, 5) is 38.2. The van der Waals surface area contributed by atoms with Gasteiger partial charge in [-0.1, -0.05) is 241 Å². The molecule has 0 heterocycles. The highest BCUT2D eigenvalue weighted by molar-refractivity contribution is 5.71. The summed E-state index contributed by atoms with van der Waals surface area (Å²) in [5.41, 5.74) is 0. The summed E-state index contributed by atoms with van der Waals surface area (Å²) >= 11 is 0. The second-order valence-corrected chi connectivity index (χ2v) is 19.9. The first-order chi connectivity index (χ1) is 35.0. The fraction of sp³-hybridized carbons (Fsp3) is 0.738. The maximum absolute atomic E-state index is 12.9. The number of allylic oxidation sites excluding steroid dienone is 14. The van der Waals surface area contributed by atoms with Crippen LogP contribution >= 0.6 is 0 Å². The fourth-order valence-corrected chi connectivity index (χ4v) is 8.34. The number of carbonyl (C=O) groups excluding carboxylic acids is 3. The molecule has 0 aliphatic rings. The number of hydrogen-bond donors (Lipinski definition) is 0. The Labute approximate surface area is 439 Å². The van der Waals surface area contributed by atoms with E-state index in [1.807, 2.05) is 0 Å². The molecule has 0 N–H and O–H groups in total. The molecule has 0 unspecified atom stereocenters. The van der Waals surface area contributed by atoms with Gasteiger partial charge in [-0.2, -0.15) is 0 Å². The van der Waals surface area contributed by atoms with Gasteiger partial charge in [-0.25, -0.2) is 0 Å². The van der Waals surface area contributed by atoms with Gasteiger partial charge in [0.2, 0.25) is 0 Å². The van der Waals surface area contributed by atoms with E-state index in [1.54, 1.807) is 0 Å². The van der Waals surface area contributed by atoms with Crippen LogP contribution in [-0.4, -0.2) is 37.2 Å². The maximum Gasteiger partial charge on any atom is 0.306 e. The van der Waals surface area contributed by atoms with E-state index in [-0.39, 0.29) is 31.1 Å². The average Bonchev–Trinajstić information content (AvgIpc) is 3.37. The van der Waals surface area contributed by atoms with Crippen molar-refractivity contribution >= 4 is 17.9 Å². The molecule has 6 heteroatoms. The van der Waals surface area contributed by atoms with Crippen LogP contribution in [0.2, 0.25) is 0 Å². The molecule has 0 radical (unpaired) electrons. The van der Waals surface area contributed by atoms with Gasteiger partial charge in [0.05, 0.1) is 0 Å². The van der Waals surface area contributed by atoms with Gasteiger partial charge >= 0.3 is 17.9 Å². The van der Waals surface area contributed by atoms with E-state index >= 15 is 0 Å². The fourth-order valence-electron chi connectivity index (χ4n) is 8.34. The summed E-state index contributed by atoms with van der Waals surface area (Å²) in [5.74, 6) is -0.925. The summed E-state index contributed by atoms with van der Waals surface area (Å²) in [6.07, 6.45) is 77.2. The van der Waals surface area contributed by atoms with Crippen LogP contribution in [-0.2, 0) is 28.6 Å². The summed E-state index contributed by atoms with van der Waals surface area (Å²) < 4.78 is 16.9. The lowest BCUT2D eigenvalue weighted by Gasteiger charge is -2.18. The van der Waals surface area contributed by atoms with Crippen molar-refractivity contribution in [3.05, 3.63) is 85.1 Å². The zero-order chi connectivity index (χ0) is 51.4. The predicted octanol–water partition coefficient (Wildman–Crippen LogP) is 20.3. The Kier molecular flexibility index (Phi) is 56.3. The lowest BCUT2D eigenvalue weighted by Crippen LogP contribution is -2.30. The van der Waals surface area contributed by atoms with E-state index in [9.17, 15) is 14.4 Å². The molecule has 0 rings (SSSR count). The molecule has 0 saturated heterocycles. The molecule has 1 atom stereocenters. The van der Waals surface area contributed by atoms with Crippen LogP contribution in [0.1, 0.15) is 290 Å². The van der Waals surface area contributed by atoms with Gasteiger partial charge in [0.1, 0.15) is 13.2 Å². The maximum atomic E-state index is 12.9. The van der Waals surface area contributed by atoms with Crippen molar-refractivity contribution in [1.82, 2.24) is 0 Å². The van der Waals surface area contributed by atoms with Crippen molar-refractivity contribution in [2.24, 2.45) is 0 Å². The SMILES string of the molecule is CC/C=C\C/C=C\C/C=C\C/C=C\C/C=C\CCCCCC(=O)OC[C@H](COC(=O)CCCCCCC/C=C\CCCCCC)OC(=O)CCCCCCCCCCCCC/C=C\CCCCCCCC. The Morgan fingerprint density at radius 1 is 0.296 bits per heavy atom. The Bertz CT molecular complexity index is 1370. The zero-order valence-electron chi connectivity index (χ0n) is 46.7. The molecular weight excluding hydrogens is 877 g/mol. The van der Waals surface area contributed by atoms with Crippen molar-refractivity contribution < 1.29 is 28.6 Å². The first-order valence-corrected chi connectivity index (χ1v) is 30.1. The molecule has 0 saturated carbocycles. The quantitative estimate of drug-likeness (QED) is 0.0261. The van der Waals surface area contributed by atoms with Gasteiger partial charge in [-0.05, 0) is 116 Å². The molecule has 6 nitrogen and oxygen atoms in total. The minimum atomic E-state index is -0.795. The molecule has 0 amide bonds. The Balaban J connectivity index is 4.41. The van der Waals surface area contributed by atoms with Gasteiger partial charge in [0.15, 0.2) is 6.10 Å². The Hall–Kier alpha value is -3.41. The summed E-state index contributed by atoms with van der Waals surface area (Å²) in [5, 5.41) is 0. The number of esters is 3. The summed E-state index contributed by atoms with van der Waals surface area (Å²) in [7, 11) is 0. The lowest BCUT2D eigenvalue weighted by atomic mass is 10.0. The normalized spacial score (nSPS) is 12.7. The Morgan fingerprint density at radius 3 is 0.901 bits per heavy atom. The van der Waals surface area contributed by atoms with E-state index in [0.717, 1.165) is 103 Å². The summed E-state index contributed by atoms with van der Waals surface area (Å²) in [6.45, 7) is 6.49. The predicted molar refractivity (Wildman–Crippen MR) is 307 cm³/mol. The van der Waals surface area contributed by atoms with Crippen molar-refractivity contribution in [1.29, 1.82) is 0 Å². The van der Waals surface area contributed by atoms with Crippen LogP contribution < -0.4 is 0 Å². The van der Waals surface area contributed by atoms with Crippen molar-refractivity contribution in [2.75, 3.05) is 13.2 Å². The average molecular weight is 990 g/mol. The summed E-state index contributed by atoms with van der Waals surface area (Å²) in [6, 6.07) is 0. The topological polar surface area (TPSA) is 78.9 Å². The van der Waals surface area contributed by atoms with Gasteiger partial charge in [0, 0.05) is 19.3 Å². The number of carbonyl (C=O) groups is 3. The molecule has 0 spiro atoms. The minimum Gasteiger partial charge on any atom is -0.462 e. The third-order valence-corrected chi connectivity index (χ3v) is 12.9. The highest BCUT2D eigenvalue weighted by atomic mass is 16.6. The molecule has 71 heavy (non-hydrogen) atoms. The zero-order valence-corrected chi connectivity index (χ0v) is 46.7. The lowest BCUT2D eigenvalue weighted by molar-refractivity contribution is -0.167. The molecule has 0 aliphatic carbocycles. The van der Waals surface area contributed by atoms with Gasteiger partial charge < -0.3 is 14.2 Å².